The van der Waals surface area contributed by atoms with Gasteiger partial charge in [0.15, 0.2) is 0 Å². The van der Waals surface area contributed by atoms with Crippen LogP contribution in [0.15, 0.2) is 11.5 Å². The Morgan fingerprint density at radius 1 is 1.37 bits per heavy atom. The number of nitrogens with two attached hydrogens (primary N) is 1. The minimum absolute atomic E-state index is 0.0322. The molecule has 0 aliphatic heterocycles. The van der Waals surface area contributed by atoms with Crippen molar-refractivity contribution in [1.29, 1.82) is 0 Å². The normalized spacial score (nSPS) is 14.0. The maximum Gasteiger partial charge on any atom is 0.327 e. The molecule has 0 aromatic carbocycles. The molecule has 0 fully saturated rings. The number of nitrogens with one attached hydrogen (secondary N) is 1. The van der Waals surface area contributed by atoms with E-state index in [1.165, 1.54) is 11.8 Å². The third-order valence-electron chi connectivity index (χ3n) is 2.12. The fourth-order valence-electron chi connectivity index (χ4n) is 1.11. The fraction of sp³-hybridized carbons (Fsp3) is 0.545. The molecule has 0 saturated heterocycles. The second-order valence-corrected chi connectivity index (χ2v) is 4.68. The van der Waals surface area contributed by atoms with Gasteiger partial charge >= 0.3 is 11.9 Å². The maximum absolute atomic E-state index is 11.6. The molecule has 7 nitrogen and oxygen atoms in total. The van der Waals surface area contributed by atoms with Gasteiger partial charge < -0.3 is 21.3 Å². The Morgan fingerprint density at radius 3 is 2.47 bits per heavy atom. The smallest absolute Gasteiger partial charge is 0.327 e. The van der Waals surface area contributed by atoms with Crippen LogP contribution in [0.4, 0.5) is 0 Å². The maximum atomic E-state index is 11.6. The van der Waals surface area contributed by atoms with Crippen molar-refractivity contribution < 1.29 is 24.6 Å². The number of carbonyl (C=O) groups excluding carboxylic acids is 1. The van der Waals surface area contributed by atoms with E-state index in [-0.39, 0.29) is 18.6 Å². The zero-order valence-corrected chi connectivity index (χ0v) is 11.4. The van der Waals surface area contributed by atoms with E-state index in [9.17, 15) is 14.4 Å². The van der Waals surface area contributed by atoms with Crippen molar-refractivity contribution in [2.75, 3.05) is 5.75 Å². The molecule has 0 bridgehead atoms. The molecule has 0 radical (unpaired) electrons. The molecule has 19 heavy (non-hydrogen) atoms. The lowest BCUT2D eigenvalue weighted by Crippen LogP contribution is -2.49. The average Bonchev–Trinajstić information content (AvgIpc) is 2.34. The summed E-state index contributed by atoms with van der Waals surface area (Å²) < 4.78 is 0. The summed E-state index contributed by atoms with van der Waals surface area (Å²) in [6, 6.07) is -2.07. The minimum Gasteiger partial charge on any atom is -0.481 e. The standard InChI is InChI=1S/C11H18N2O5S/c1-2-5-19-6-8(11(17)18)13-10(16)7(12)3-4-9(14)15/h2,5,7-8H,3-4,6,12H2,1H3,(H,13,16)(H,14,15)(H,17,18)/b5-2+/t7-,8-/m0/s1. The second kappa shape index (κ2) is 9.40. The molecule has 0 saturated carbocycles. The highest BCUT2D eigenvalue weighted by Gasteiger charge is 2.23. The molecule has 0 aromatic heterocycles. The highest BCUT2D eigenvalue weighted by Crippen LogP contribution is 2.05. The van der Waals surface area contributed by atoms with Gasteiger partial charge in [-0.05, 0) is 18.8 Å². The molecule has 5 N–H and O–H groups in total. The first kappa shape index (κ1) is 17.5. The monoisotopic (exact) mass is 290 g/mol. The van der Waals surface area contributed by atoms with Crippen molar-refractivity contribution in [3.63, 3.8) is 0 Å². The molecule has 0 rings (SSSR count). The number of carboxylic acids is 2. The third-order valence-corrected chi connectivity index (χ3v) is 3.11. The number of carbonyl (C=O) groups is 3. The van der Waals surface area contributed by atoms with E-state index < -0.39 is 29.9 Å². The van der Waals surface area contributed by atoms with Gasteiger partial charge in [0.25, 0.3) is 0 Å². The number of carboxylic acid groups (broad SMARTS) is 2. The number of rotatable bonds is 9. The van der Waals surface area contributed by atoms with Crippen LogP contribution in [0.2, 0.25) is 0 Å². The summed E-state index contributed by atoms with van der Waals surface area (Å²) >= 11 is 1.25. The molecular formula is C11H18N2O5S. The first-order chi connectivity index (χ1) is 8.88. The zero-order chi connectivity index (χ0) is 14.8. The van der Waals surface area contributed by atoms with Gasteiger partial charge in [-0.1, -0.05) is 6.08 Å². The van der Waals surface area contributed by atoms with E-state index in [4.69, 9.17) is 15.9 Å². The van der Waals surface area contributed by atoms with Crippen molar-refractivity contribution in [3.8, 4) is 0 Å². The summed E-state index contributed by atoms with van der Waals surface area (Å²) in [6.45, 7) is 1.79. The summed E-state index contributed by atoms with van der Waals surface area (Å²) in [4.78, 5) is 32.9. The topological polar surface area (TPSA) is 130 Å². The van der Waals surface area contributed by atoms with Gasteiger partial charge in [0, 0.05) is 12.2 Å². The highest BCUT2D eigenvalue weighted by molar-refractivity contribution is 8.02. The molecule has 0 aliphatic rings. The van der Waals surface area contributed by atoms with Crippen molar-refractivity contribution in [1.82, 2.24) is 5.32 Å². The number of allylic oxidation sites excluding steroid dienone is 1. The molecule has 0 unspecified atom stereocenters. The molecular weight excluding hydrogens is 272 g/mol. The van der Waals surface area contributed by atoms with Crippen LogP contribution in [0.1, 0.15) is 19.8 Å². The average molecular weight is 290 g/mol. The third kappa shape index (κ3) is 8.22. The molecule has 108 valence electrons. The SMILES string of the molecule is C/C=C/SC[C@H](NC(=O)[C@@H](N)CCC(=O)O)C(=O)O. The van der Waals surface area contributed by atoms with Gasteiger partial charge in [0.1, 0.15) is 6.04 Å². The van der Waals surface area contributed by atoms with Crippen LogP contribution in [0.3, 0.4) is 0 Å². The van der Waals surface area contributed by atoms with E-state index in [0.717, 1.165) is 0 Å². The van der Waals surface area contributed by atoms with Crippen molar-refractivity contribution in [2.45, 2.75) is 31.8 Å². The fourth-order valence-corrected chi connectivity index (χ4v) is 1.83. The lowest BCUT2D eigenvalue weighted by atomic mass is 10.1. The molecule has 2 atom stereocenters. The Balaban J connectivity index is 4.29. The largest absolute Gasteiger partial charge is 0.481 e. The summed E-state index contributed by atoms with van der Waals surface area (Å²) in [7, 11) is 0. The van der Waals surface area contributed by atoms with Crippen molar-refractivity contribution in [3.05, 3.63) is 11.5 Å². The van der Waals surface area contributed by atoms with Crippen LogP contribution < -0.4 is 11.1 Å². The number of thioether (sulfide) groups is 1. The van der Waals surface area contributed by atoms with Crippen LogP contribution in [0.5, 0.6) is 0 Å². The lowest BCUT2D eigenvalue weighted by molar-refractivity contribution is -0.141. The van der Waals surface area contributed by atoms with Gasteiger partial charge in [0.2, 0.25) is 5.91 Å². The zero-order valence-electron chi connectivity index (χ0n) is 10.5. The summed E-state index contributed by atoms with van der Waals surface area (Å²) in [5.41, 5.74) is 5.48. The number of amides is 1. The Bertz CT molecular complexity index is 359. The van der Waals surface area contributed by atoms with Gasteiger partial charge in [0.05, 0.1) is 6.04 Å². The Labute approximate surface area is 115 Å². The predicted molar refractivity (Wildman–Crippen MR) is 71.7 cm³/mol. The molecule has 8 heteroatoms. The summed E-state index contributed by atoms with van der Waals surface area (Å²) in [5, 5.41) is 21.4. The van der Waals surface area contributed by atoms with Crippen LogP contribution in [0.25, 0.3) is 0 Å². The second-order valence-electron chi connectivity index (χ2n) is 3.74. The van der Waals surface area contributed by atoms with E-state index in [1.807, 2.05) is 0 Å². The highest BCUT2D eigenvalue weighted by atomic mass is 32.2. The van der Waals surface area contributed by atoms with Crippen LogP contribution in [-0.2, 0) is 14.4 Å². The Morgan fingerprint density at radius 2 is 2.00 bits per heavy atom. The quantitative estimate of drug-likeness (QED) is 0.470. The van der Waals surface area contributed by atoms with Crippen LogP contribution >= 0.6 is 11.8 Å². The predicted octanol–water partition coefficient (Wildman–Crippen LogP) is 0.0147. The van der Waals surface area contributed by atoms with Gasteiger partial charge in [-0.3, -0.25) is 9.59 Å². The van der Waals surface area contributed by atoms with E-state index in [2.05, 4.69) is 5.32 Å². The first-order valence-electron chi connectivity index (χ1n) is 5.61. The molecule has 0 aliphatic carbocycles. The van der Waals surface area contributed by atoms with E-state index in [0.29, 0.717) is 0 Å². The Kier molecular flexibility index (Phi) is 8.64. The molecule has 0 aromatic rings. The van der Waals surface area contributed by atoms with Crippen LogP contribution in [-0.4, -0.2) is 45.9 Å². The van der Waals surface area contributed by atoms with E-state index in [1.54, 1.807) is 18.4 Å². The lowest BCUT2D eigenvalue weighted by Gasteiger charge is -2.16. The van der Waals surface area contributed by atoms with Crippen LogP contribution in [0, 0.1) is 0 Å². The van der Waals surface area contributed by atoms with Gasteiger partial charge in [-0.25, -0.2) is 4.79 Å². The van der Waals surface area contributed by atoms with Gasteiger partial charge in [-0.2, -0.15) is 0 Å². The van der Waals surface area contributed by atoms with E-state index >= 15 is 0 Å². The summed E-state index contributed by atoms with van der Waals surface area (Å²) in [5.74, 6) is -2.69. The molecule has 0 heterocycles. The number of hydrogen-bond acceptors (Lipinski definition) is 5. The number of hydrogen-bond donors (Lipinski definition) is 4. The summed E-state index contributed by atoms with van der Waals surface area (Å²) in [6.07, 6.45) is 1.49. The minimum atomic E-state index is -1.16. The van der Waals surface area contributed by atoms with Gasteiger partial charge in [-0.15, -0.1) is 11.8 Å². The van der Waals surface area contributed by atoms with Crippen molar-refractivity contribution in [2.24, 2.45) is 5.73 Å². The molecule has 0 spiro atoms. The van der Waals surface area contributed by atoms with Crippen molar-refractivity contribution >= 4 is 29.6 Å². The Hall–Kier alpha value is -1.54. The molecule has 1 amide bonds. The first-order valence-corrected chi connectivity index (χ1v) is 6.66. The number of aliphatic carboxylic acids is 2.